The minimum Gasteiger partial charge on any atom is -0.474 e. The SMILES string of the molecule is CC(C)(C)OC(=O)N1C2CCC1CC(OC1CCC(Oc3ccc(S(C)(=O)=O)cn3)CC1)C2. The van der Waals surface area contributed by atoms with Gasteiger partial charge < -0.3 is 19.1 Å². The average Bonchev–Trinajstić information content (AvgIpc) is 2.99. The number of ether oxygens (including phenoxy) is 3. The summed E-state index contributed by atoms with van der Waals surface area (Å²) < 4.78 is 41.2. The van der Waals surface area contributed by atoms with Crippen LogP contribution >= 0.6 is 0 Å². The van der Waals surface area contributed by atoms with Crippen molar-refractivity contribution in [2.75, 3.05) is 6.26 Å². The lowest BCUT2D eigenvalue weighted by Gasteiger charge is -2.41. The van der Waals surface area contributed by atoms with Crippen LogP contribution in [0.2, 0.25) is 0 Å². The van der Waals surface area contributed by atoms with Crippen LogP contribution in [-0.2, 0) is 19.3 Å². The van der Waals surface area contributed by atoms with Crippen LogP contribution in [0.3, 0.4) is 0 Å². The van der Waals surface area contributed by atoms with Gasteiger partial charge in [-0.15, -0.1) is 0 Å². The first-order chi connectivity index (χ1) is 15.5. The maximum atomic E-state index is 12.6. The molecule has 3 fully saturated rings. The number of carbonyl (C=O) groups excluding carboxylic acids is 1. The maximum absolute atomic E-state index is 12.6. The van der Waals surface area contributed by atoms with Gasteiger partial charge in [0.15, 0.2) is 9.84 Å². The molecule has 1 saturated carbocycles. The Bertz CT molecular complexity index is 921. The van der Waals surface area contributed by atoms with Crippen molar-refractivity contribution >= 4 is 15.9 Å². The predicted molar refractivity (Wildman–Crippen MR) is 123 cm³/mol. The minimum absolute atomic E-state index is 0.0617. The molecule has 1 aromatic heterocycles. The van der Waals surface area contributed by atoms with Gasteiger partial charge in [0.2, 0.25) is 5.88 Å². The molecule has 0 aromatic carbocycles. The fourth-order valence-corrected chi connectivity index (χ4v) is 5.80. The normalized spacial score (nSPS) is 30.2. The van der Waals surface area contributed by atoms with Gasteiger partial charge in [-0.1, -0.05) is 0 Å². The summed E-state index contributed by atoms with van der Waals surface area (Å²) in [5.74, 6) is 0.456. The lowest BCUT2D eigenvalue weighted by molar-refractivity contribution is -0.0814. The highest BCUT2D eigenvalue weighted by Gasteiger charge is 2.45. The molecule has 33 heavy (non-hydrogen) atoms. The summed E-state index contributed by atoms with van der Waals surface area (Å²) in [7, 11) is -3.26. The molecule has 9 heteroatoms. The molecule has 2 atom stereocenters. The number of aromatic nitrogens is 1. The van der Waals surface area contributed by atoms with Gasteiger partial charge in [-0.25, -0.2) is 18.2 Å². The van der Waals surface area contributed by atoms with Crippen molar-refractivity contribution in [3.05, 3.63) is 18.3 Å². The highest BCUT2D eigenvalue weighted by molar-refractivity contribution is 7.90. The Morgan fingerprint density at radius 1 is 0.970 bits per heavy atom. The van der Waals surface area contributed by atoms with E-state index in [1.807, 2.05) is 25.7 Å². The van der Waals surface area contributed by atoms with E-state index >= 15 is 0 Å². The molecular weight excluding hydrogens is 444 g/mol. The second-order valence-corrected chi connectivity index (χ2v) is 12.6. The molecule has 3 aliphatic rings. The Labute approximate surface area is 196 Å². The lowest BCUT2D eigenvalue weighted by atomic mass is 9.93. The Hall–Kier alpha value is -1.87. The first-order valence-corrected chi connectivity index (χ1v) is 13.9. The fourth-order valence-electron chi connectivity index (χ4n) is 5.24. The Morgan fingerprint density at radius 2 is 1.58 bits per heavy atom. The third-order valence-electron chi connectivity index (χ3n) is 6.73. The number of amides is 1. The van der Waals surface area contributed by atoms with Crippen LogP contribution in [0.4, 0.5) is 4.79 Å². The van der Waals surface area contributed by atoms with Crippen LogP contribution in [0.5, 0.6) is 5.88 Å². The van der Waals surface area contributed by atoms with Gasteiger partial charge in [-0.2, -0.15) is 0 Å². The van der Waals surface area contributed by atoms with E-state index in [0.717, 1.165) is 51.4 Å². The number of nitrogens with zero attached hydrogens (tertiary/aromatic N) is 2. The number of pyridine rings is 1. The molecule has 4 rings (SSSR count). The molecule has 2 saturated heterocycles. The molecule has 0 spiro atoms. The van der Waals surface area contributed by atoms with Gasteiger partial charge in [0.25, 0.3) is 0 Å². The van der Waals surface area contributed by atoms with Crippen LogP contribution in [-0.4, -0.2) is 66.6 Å². The van der Waals surface area contributed by atoms with Gasteiger partial charge >= 0.3 is 6.09 Å². The zero-order valence-corrected chi connectivity index (χ0v) is 20.8. The van der Waals surface area contributed by atoms with E-state index in [4.69, 9.17) is 14.2 Å². The maximum Gasteiger partial charge on any atom is 0.410 e. The van der Waals surface area contributed by atoms with E-state index in [-0.39, 0.29) is 41.4 Å². The predicted octanol–water partition coefficient (Wildman–Crippen LogP) is 4.12. The molecule has 8 nitrogen and oxygen atoms in total. The largest absolute Gasteiger partial charge is 0.474 e. The van der Waals surface area contributed by atoms with Gasteiger partial charge in [-0.3, -0.25) is 0 Å². The summed E-state index contributed by atoms with van der Waals surface area (Å²) >= 11 is 0. The van der Waals surface area contributed by atoms with Crippen molar-refractivity contribution in [2.45, 2.75) is 113 Å². The van der Waals surface area contributed by atoms with Crippen LogP contribution in [0.1, 0.15) is 72.1 Å². The average molecular weight is 481 g/mol. The smallest absolute Gasteiger partial charge is 0.410 e. The third-order valence-corrected chi connectivity index (χ3v) is 7.82. The fraction of sp³-hybridized carbons (Fsp3) is 0.750. The second kappa shape index (κ2) is 9.41. The summed E-state index contributed by atoms with van der Waals surface area (Å²) in [6, 6.07) is 3.57. The number of fused-ring (bicyclic) bond motifs is 2. The molecule has 2 bridgehead atoms. The number of hydrogen-bond acceptors (Lipinski definition) is 7. The van der Waals surface area contributed by atoms with Crippen molar-refractivity contribution in [1.29, 1.82) is 0 Å². The number of hydrogen-bond donors (Lipinski definition) is 0. The van der Waals surface area contributed by atoms with Crippen molar-refractivity contribution < 1.29 is 27.4 Å². The molecule has 184 valence electrons. The van der Waals surface area contributed by atoms with E-state index < -0.39 is 15.4 Å². The van der Waals surface area contributed by atoms with Crippen molar-refractivity contribution in [3.63, 3.8) is 0 Å². The Morgan fingerprint density at radius 3 is 2.09 bits per heavy atom. The number of carbonyl (C=O) groups is 1. The second-order valence-electron chi connectivity index (χ2n) is 10.6. The number of piperidine rings is 1. The molecule has 1 amide bonds. The third kappa shape index (κ3) is 6.18. The van der Waals surface area contributed by atoms with Crippen LogP contribution < -0.4 is 4.74 Å². The number of rotatable bonds is 5. The standard InChI is InChI=1S/C24H36N2O6S/c1-24(2,3)32-23(27)26-16-5-6-17(26)14-20(13-16)30-18-7-9-19(10-8-18)31-22-12-11-21(15-25-22)33(4,28)29/h11-12,15-20H,5-10,13-14H2,1-4H3. The molecule has 0 N–H and O–H groups in total. The first kappa shape index (κ1) is 24.3. The molecule has 1 aliphatic carbocycles. The highest BCUT2D eigenvalue weighted by atomic mass is 32.2. The number of sulfone groups is 1. The summed E-state index contributed by atoms with van der Waals surface area (Å²) in [4.78, 5) is 18.9. The first-order valence-electron chi connectivity index (χ1n) is 12.0. The zero-order chi connectivity index (χ0) is 23.8. The van der Waals surface area contributed by atoms with Gasteiger partial charge in [0.05, 0.1) is 17.1 Å². The summed E-state index contributed by atoms with van der Waals surface area (Å²) in [5.41, 5.74) is -0.476. The van der Waals surface area contributed by atoms with E-state index in [1.165, 1.54) is 18.5 Å². The zero-order valence-electron chi connectivity index (χ0n) is 20.0. The van der Waals surface area contributed by atoms with Gasteiger partial charge in [-0.05, 0) is 78.2 Å². The molecule has 3 heterocycles. The van der Waals surface area contributed by atoms with Crippen LogP contribution in [0.25, 0.3) is 0 Å². The summed E-state index contributed by atoms with van der Waals surface area (Å²) in [5, 5.41) is 0. The molecular formula is C24H36N2O6S. The summed E-state index contributed by atoms with van der Waals surface area (Å²) in [6.07, 6.45) is 10.2. The molecule has 2 unspecified atom stereocenters. The lowest BCUT2D eigenvalue weighted by Crippen LogP contribution is -2.50. The molecule has 1 aromatic rings. The Balaban J connectivity index is 1.23. The van der Waals surface area contributed by atoms with Gasteiger partial charge in [0, 0.05) is 30.6 Å². The van der Waals surface area contributed by atoms with E-state index in [0.29, 0.717) is 5.88 Å². The van der Waals surface area contributed by atoms with Crippen molar-refractivity contribution in [2.24, 2.45) is 0 Å². The van der Waals surface area contributed by atoms with Crippen LogP contribution in [0, 0.1) is 0 Å². The monoisotopic (exact) mass is 480 g/mol. The van der Waals surface area contributed by atoms with Gasteiger partial charge in [0.1, 0.15) is 11.7 Å². The van der Waals surface area contributed by atoms with Crippen LogP contribution in [0.15, 0.2) is 23.2 Å². The quantitative estimate of drug-likeness (QED) is 0.625. The Kier molecular flexibility index (Phi) is 6.92. The van der Waals surface area contributed by atoms with E-state index in [1.54, 1.807) is 6.07 Å². The topological polar surface area (TPSA) is 95.0 Å². The summed E-state index contributed by atoms with van der Waals surface area (Å²) in [6.45, 7) is 5.72. The highest BCUT2D eigenvalue weighted by Crippen LogP contribution is 2.39. The molecule has 2 aliphatic heterocycles. The van der Waals surface area contributed by atoms with Crippen molar-refractivity contribution in [1.82, 2.24) is 9.88 Å². The van der Waals surface area contributed by atoms with E-state index in [2.05, 4.69) is 4.98 Å². The molecule has 0 radical (unpaired) electrons. The minimum atomic E-state index is -3.26. The van der Waals surface area contributed by atoms with Crippen molar-refractivity contribution in [3.8, 4) is 5.88 Å². The van der Waals surface area contributed by atoms with E-state index in [9.17, 15) is 13.2 Å².